The Bertz CT molecular complexity index is 1700. The molecule has 1 fully saturated rings. The Kier molecular flexibility index (Phi) is 10.6. The van der Waals surface area contributed by atoms with Crippen molar-refractivity contribution in [2.24, 2.45) is 23.7 Å². The van der Waals surface area contributed by atoms with Crippen LogP contribution in [0.2, 0.25) is 5.02 Å². The SMILES string of the molecule is C[C@H]1C/C=C/[C@H](CO)[C@@H]2CC[C@H]2CN2CCCCc3cc(Cl)ccc3COc3ccc(cc32)C(=O)NS(=O)(=O)[C@H]1Cc1ccccc1. The van der Waals surface area contributed by atoms with Crippen LogP contribution in [-0.4, -0.2) is 44.4 Å². The number of halogens is 1. The van der Waals surface area contributed by atoms with E-state index < -0.39 is 21.2 Å². The lowest BCUT2D eigenvalue weighted by Crippen LogP contribution is -2.43. The number of allylic oxidation sites excluding steroid dienone is 1. The zero-order chi connectivity index (χ0) is 33.0. The minimum absolute atomic E-state index is 0.00275. The first-order valence-corrected chi connectivity index (χ1v) is 18.8. The van der Waals surface area contributed by atoms with Gasteiger partial charge in [-0.3, -0.25) is 4.79 Å². The maximum absolute atomic E-state index is 14.0. The van der Waals surface area contributed by atoms with Gasteiger partial charge in [0, 0.05) is 36.2 Å². The van der Waals surface area contributed by atoms with Gasteiger partial charge in [0.15, 0.2) is 0 Å². The van der Waals surface area contributed by atoms with Gasteiger partial charge in [-0.2, -0.15) is 0 Å². The Morgan fingerprint density at radius 2 is 1.85 bits per heavy atom. The van der Waals surface area contributed by atoms with Crippen molar-refractivity contribution in [3.63, 3.8) is 0 Å². The summed E-state index contributed by atoms with van der Waals surface area (Å²) < 4.78 is 36.8. The van der Waals surface area contributed by atoms with Crippen LogP contribution in [0.25, 0.3) is 0 Å². The molecule has 0 spiro atoms. The van der Waals surface area contributed by atoms with E-state index >= 15 is 0 Å². The van der Waals surface area contributed by atoms with Crippen molar-refractivity contribution in [2.75, 3.05) is 24.6 Å². The first kappa shape index (κ1) is 33.6. The van der Waals surface area contributed by atoms with E-state index in [4.69, 9.17) is 16.3 Å². The van der Waals surface area contributed by atoms with Crippen molar-refractivity contribution in [1.29, 1.82) is 0 Å². The minimum atomic E-state index is -4.06. The number of rotatable bonds is 3. The molecule has 3 aliphatic rings. The molecule has 9 heteroatoms. The van der Waals surface area contributed by atoms with Crippen molar-refractivity contribution in [3.05, 3.63) is 106 Å². The average molecular weight is 677 g/mol. The van der Waals surface area contributed by atoms with Crippen LogP contribution in [-0.2, 0) is 29.5 Å². The Labute approximate surface area is 284 Å². The summed E-state index contributed by atoms with van der Waals surface area (Å²) in [4.78, 5) is 16.1. The first-order chi connectivity index (χ1) is 22.7. The first-order valence-electron chi connectivity index (χ1n) is 16.9. The van der Waals surface area contributed by atoms with E-state index in [1.165, 1.54) is 5.56 Å². The summed E-state index contributed by atoms with van der Waals surface area (Å²) in [7, 11) is -4.06. The van der Waals surface area contributed by atoms with Crippen LogP contribution in [0.1, 0.15) is 66.1 Å². The van der Waals surface area contributed by atoms with E-state index in [-0.39, 0.29) is 30.4 Å². The lowest BCUT2D eigenvalue weighted by Gasteiger charge is -2.44. The molecule has 47 heavy (non-hydrogen) atoms. The Hall–Kier alpha value is -3.33. The van der Waals surface area contributed by atoms with Gasteiger partial charge in [-0.1, -0.05) is 67.1 Å². The number of carbonyl (C=O) groups is 1. The van der Waals surface area contributed by atoms with Crippen LogP contribution in [0.3, 0.4) is 0 Å². The zero-order valence-corrected chi connectivity index (χ0v) is 28.6. The van der Waals surface area contributed by atoms with E-state index in [1.807, 2.05) is 61.5 Å². The third-order valence-corrected chi connectivity index (χ3v) is 12.5. The van der Waals surface area contributed by atoms with E-state index in [0.29, 0.717) is 35.6 Å². The van der Waals surface area contributed by atoms with Crippen LogP contribution in [0.5, 0.6) is 5.75 Å². The lowest BCUT2D eigenvalue weighted by molar-refractivity contribution is 0.0901. The van der Waals surface area contributed by atoms with Gasteiger partial charge in [0.05, 0.1) is 10.9 Å². The lowest BCUT2D eigenvalue weighted by atomic mass is 9.66. The number of benzene rings is 3. The number of hydrogen-bond acceptors (Lipinski definition) is 6. The molecule has 3 aromatic carbocycles. The molecular formula is C38H45ClN2O5S. The number of carbonyl (C=O) groups excluding carboxylic acids is 1. The number of anilines is 1. The van der Waals surface area contributed by atoms with Gasteiger partial charge in [-0.05, 0) is 110 Å². The summed E-state index contributed by atoms with van der Waals surface area (Å²) in [5, 5.41) is 10.3. The molecule has 5 atom stereocenters. The molecule has 7 nitrogen and oxygen atoms in total. The Morgan fingerprint density at radius 3 is 2.62 bits per heavy atom. The van der Waals surface area contributed by atoms with Crippen LogP contribution in [0.4, 0.5) is 5.69 Å². The van der Waals surface area contributed by atoms with Crippen LogP contribution in [0, 0.1) is 23.7 Å². The molecule has 3 aromatic rings. The second-order valence-electron chi connectivity index (χ2n) is 13.5. The fourth-order valence-electron chi connectivity index (χ4n) is 7.43. The normalized spacial score (nSPS) is 27.1. The van der Waals surface area contributed by atoms with Gasteiger partial charge in [0.1, 0.15) is 12.4 Å². The number of aliphatic hydroxyl groups is 1. The van der Waals surface area contributed by atoms with Gasteiger partial charge >= 0.3 is 0 Å². The highest BCUT2D eigenvalue weighted by Gasteiger charge is 2.38. The monoisotopic (exact) mass is 676 g/mol. The maximum atomic E-state index is 14.0. The van der Waals surface area contributed by atoms with Crippen LogP contribution < -0.4 is 14.4 Å². The molecule has 2 N–H and O–H groups in total. The van der Waals surface area contributed by atoms with Gasteiger partial charge in [0.25, 0.3) is 5.91 Å². The number of nitrogens with zero attached hydrogens (tertiary/aromatic N) is 1. The molecular weight excluding hydrogens is 632 g/mol. The third-order valence-electron chi connectivity index (χ3n) is 10.4. The highest BCUT2D eigenvalue weighted by Crippen LogP contribution is 2.43. The van der Waals surface area contributed by atoms with Gasteiger partial charge in [-0.25, -0.2) is 13.1 Å². The van der Waals surface area contributed by atoms with E-state index in [2.05, 4.69) is 15.7 Å². The van der Waals surface area contributed by atoms with Crippen molar-refractivity contribution in [3.8, 4) is 5.75 Å². The number of nitrogens with one attached hydrogen (secondary N) is 1. The predicted molar refractivity (Wildman–Crippen MR) is 187 cm³/mol. The maximum Gasteiger partial charge on any atom is 0.264 e. The molecule has 0 radical (unpaired) electrons. The Morgan fingerprint density at radius 1 is 1.02 bits per heavy atom. The second-order valence-corrected chi connectivity index (χ2v) is 15.8. The summed E-state index contributed by atoms with van der Waals surface area (Å²) in [6.45, 7) is 3.86. The standard InChI is InChI=1S/C38H45ClN2O5S/c1-26-8-7-12-31(24-42)34-17-14-30(34)23-41-19-6-5-11-28-21-33(39)16-13-32(28)25-46-36-18-15-29(22-35(36)41)38(43)40-47(44,45)37(26)20-27-9-3-2-4-10-27/h2-4,7,9-10,12-13,15-16,18,21-22,26,30-31,34,37,42H,5-6,8,11,14,17,19-20,23-25H2,1H3,(H,40,43)/b12-7+/t26-,30-,31+,34+,37-/m0/s1. The van der Waals surface area contributed by atoms with Crippen molar-refractivity contribution in [1.82, 2.24) is 4.72 Å². The fraction of sp³-hybridized carbons (Fsp3) is 0.447. The molecule has 2 aliphatic heterocycles. The van der Waals surface area contributed by atoms with Crippen LogP contribution in [0.15, 0.2) is 78.9 Å². The summed E-state index contributed by atoms with van der Waals surface area (Å²) in [6, 6.07) is 20.7. The number of sulfonamides is 1. The topological polar surface area (TPSA) is 95.9 Å². The third kappa shape index (κ3) is 7.87. The average Bonchev–Trinajstić information content (AvgIpc) is 3.07. The number of amides is 1. The predicted octanol–water partition coefficient (Wildman–Crippen LogP) is 6.96. The number of aryl methyl sites for hydroxylation is 1. The summed E-state index contributed by atoms with van der Waals surface area (Å²) in [5.41, 5.74) is 4.21. The number of aliphatic hydroxyl groups excluding tert-OH is 1. The molecule has 250 valence electrons. The van der Waals surface area contributed by atoms with Gasteiger partial charge in [-0.15, -0.1) is 0 Å². The molecule has 1 amide bonds. The van der Waals surface area contributed by atoms with Crippen molar-refractivity contribution in [2.45, 2.75) is 63.7 Å². The van der Waals surface area contributed by atoms with E-state index in [0.717, 1.165) is 62.0 Å². The summed E-state index contributed by atoms with van der Waals surface area (Å²) in [6.07, 6.45) is 9.82. The molecule has 1 saturated carbocycles. The summed E-state index contributed by atoms with van der Waals surface area (Å²) in [5.74, 6) is 0.442. The largest absolute Gasteiger partial charge is 0.487 e. The number of hydrogen-bond donors (Lipinski definition) is 2. The van der Waals surface area contributed by atoms with Gasteiger partial charge in [0.2, 0.25) is 10.0 Å². The molecule has 0 aromatic heterocycles. The highest BCUT2D eigenvalue weighted by molar-refractivity contribution is 7.90. The zero-order valence-electron chi connectivity index (χ0n) is 27.0. The highest BCUT2D eigenvalue weighted by atomic mass is 35.5. The molecule has 2 heterocycles. The fourth-order valence-corrected chi connectivity index (χ4v) is 9.29. The van der Waals surface area contributed by atoms with Crippen molar-refractivity contribution < 1.29 is 23.1 Å². The minimum Gasteiger partial charge on any atom is -0.487 e. The number of fused-ring (bicyclic) bond motifs is 3. The molecule has 0 saturated heterocycles. The van der Waals surface area contributed by atoms with Crippen LogP contribution >= 0.6 is 11.6 Å². The van der Waals surface area contributed by atoms with Crippen molar-refractivity contribution >= 4 is 33.2 Å². The summed E-state index contributed by atoms with van der Waals surface area (Å²) >= 11 is 6.35. The molecule has 0 unspecified atom stereocenters. The molecule has 1 aliphatic carbocycles. The molecule has 2 bridgehead atoms. The second kappa shape index (κ2) is 14.8. The van der Waals surface area contributed by atoms with E-state index in [9.17, 15) is 18.3 Å². The Balaban J connectivity index is 1.39. The molecule has 6 rings (SSSR count). The smallest absolute Gasteiger partial charge is 0.264 e. The van der Waals surface area contributed by atoms with E-state index in [1.54, 1.807) is 18.2 Å². The van der Waals surface area contributed by atoms with Gasteiger partial charge < -0.3 is 14.7 Å². The quantitative estimate of drug-likeness (QED) is 0.291. The number of ether oxygens (including phenoxy) is 1.